The van der Waals surface area contributed by atoms with Crippen molar-refractivity contribution in [2.75, 3.05) is 25.0 Å². The van der Waals surface area contributed by atoms with Crippen molar-refractivity contribution in [3.63, 3.8) is 0 Å². The van der Waals surface area contributed by atoms with Gasteiger partial charge in [0.2, 0.25) is 5.88 Å². The fourth-order valence-corrected chi connectivity index (χ4v) is 3.56. The topological polar surface area (TPSA) is 97.6 Å². The summed E-state index contributed by atoms with van der Waals surface area (Å²) in [5.74, 6) is 2.61. The van der Waals surface area contributed by atoms with Crippen molar-refractivity contribution < 1.29 is 9.47 Å². The number of aromatic nitrogens is 3. The molecule has 164 valence electrons. The molecule has 0 saturated heterocycles. The molecule has 10 heteroatoms. The zero-order chi connectivity index (χ0) is 21.6. The van der Waals surface area contributed by atoms with Crippen molar-refractivity contribution in [2.24, 2.45) is 12.0 Å². The molecule has 0 bridgehead atoms. The number of likely N-dealkylation sites (N-methyl/N-ethyl adjacent to an activating group) is 1. The Morgan fingerprint density at radius 2 is 2.26 bits per heavy atom. The molecule has 0 fully saturated rings. The van der Waals surface area contributed by atoms with Crippen molar-refractivity contribution in [2.45, 2.75) is 25.5 Å². The van der Waals surface area contributed by atoms with E-state index in [-0.39, 0.29) is 12.1 Å². The Hall–Kier alpha value is -3.04. The number of rotatable bonds is 9. The minimum Gasteiger partial charge on any atom is -0.491 e. The monoisotopic (exact) mass is 443 g/mol. The first-order valence-electron chi connectivity index (χ1n) is 10.2. The molecule has 4 rings (SSSR count). The number of ether oxygens (including phenoxy) is 2. The minimum atomic E-state index is -0.215. The molecule has 9 nitrogen and oxygen atoms in total. The lowest BCUT2D eigenvalue weighted by molar-refractivity contribution is 0.232. The van der Waals surface area contributed by atoms with Crippen molar-refractivity contribution >= 4 is 23.8 Å². The van der Waals surface area contributed by atoms with E-state index < -0.39 is 0 Å². The Bertz CT molecular complexity index is 1000. The summed E-state index contributed by atoms with van der Waals surface area (Å²) >= 11 is 6.39. The molecule has 2 aliphatic rings. The number of hydrogen-bond donors (Lipinski definition) is 3. The highest BCUT2D eigenvalue weighted by molar-refractivity contribution is 6.31. The van der Waals surface area contributed by atoms with Gasteiger partial charge in [-0.25, -0.2) is 4.98 Å². The van der Waals surface area contributed by atoms with Gasteiger partial charge in [-0.2, -0.15) is 5.10 Å². The summed E-state index contributed by atoms with van der Waals surface area (Å²) in [6.07, 6.45) is 9.64. The quantitative estimate of drug-likeness (QED) is 0.404. The summed E-state index contributed by atoms with van der Waals surface area (Å²) in [6, 6.07) is 3.60. The Morgan fingerprint density at radius 1 is 1.35 bits per heavy atom. The van der Waals surface area contributed by atoms with Crippen LogP contribution in [0.25, 0.3) is 0 Å². The highest BCUT2D eigenvalue weighted by atomic mass is 35.5. The van der Waals surface area contributed by atoms with Gasteiger partial charge < -0.3 is 25.4 Å². The Kier molecular flexibility index (Phi) is 6.73. The van der Waals surface area contributed by atoms with Crippen LogP contribution in [-0.4, -0.2) is 52.9 Å². The van der Waals surface area contributed by atoms with E-state index in [9.17, 15) is 0 Å². The fourth-order valence-electron chi connectivity index (χ4n) is 3.36. The normalized spacial score (nSPS) is 19.7. The van der Waals surface area contributed by atoms with E-state index in [2.05, 4.69) is 37.9 Å². The highest BCUT2D eigenvalue weighted by Gasteiger charge is 2.27. The molecule has 0 radical (unpaired) electrons. The van der Waals surface area contributed by atoms with Gasteiger partial charge >= 0.3 is 0 Å². The molecule has 0 spiro atoms. The Balaban J connectivity index is 1.42. The largest absolute Gasteiger partial charge is 0.491 e. The van der Waals surface area contributed by atoms with Gasteiger partial charge in [-0.3, -0.25) is 9.67 Å². The summed E-state index contributed by atoms with van der Waals surface area (Å²) in [4.78, 5) is 8.84. The number of aliphatic imine (C=N–C) groups is 1. The average molecular weight is 444 g/mol. The number of halogens is 1. The van der Waals surface area contributed by atoms with Crippen molar-refractivity contribution in [1.29, 1.82) is 0 Å². The molecule has 0 aromatic carbocycles. The van der Waals surface area contributed by atoms with Crippen LogP contribution in [0.1, 0.15) is 13.3 Å². The first kappa shape index (κ1) is 21.2. The molecule has 1 aliphatic heterocycles. The van der Waals surface area contributed by atoms with Gasteiger partial charge in [0.15, 0.2) is 5.82 Å². The number of nitrogens with one attached hydrogen (secondary N) is 3. The third-order valence-electron chi connectivity index (χ3n) is 4.86. The van der Waals surface area contributed by atoms with Crippen LogP contribution in [0.15, 0.2) is 53.1 Å². The number of nitrogens with zero attached hydrogens (tertiary/aromatic N) is 4. The number of anilines is 1. The van der Waals surface area contributed by atoms with Crippen LogP contribution in [0.4, 0.5) is 5.82 Å². The standard InChI is InChI=1S/C21H26ClN7O2/c1-3-23-7-9-30-15-11-17(22)21(24-12-15)31-14-4-5-18-16(10-14)20(26-13-25-18)27-19-6-8-29(2)28-19/h4-6,8,11-14,18,23H,3,7,9-10H2,1-2H3,(H,25,26)(H,27,28). The van der Waals surface area contributed by atoms with Crippen LogP contribution in [-0.2, 0) is 7.05 Å². The zero-order valence-corrected chi connectivity index (χ0v) is 18.3. The summed E-state index contributed by atoms with van der Waals surface area (Å²) in [6.45, 7) is 4.27. The zero-order valence-electron chi connectivity index (χ0n) is 17.5. The van der Waals surface area contributed by atoms with Crippen molar-refractivity contribution in [3.05, 3.63) is 53.1 Å². The lowest BCUT2D eigenvalue weighted by Gasteiger charge is -2.29. The van der Waals surface area contributed by atoms with E-state index >= 15 is 0 Å². The first-order chi connectivity index (χ1) is 15.1. The predicted molar refractivity (Wildman–Crippen MR) is 121 cm³/mol. The lowest BCUT2D eigenvalue weighted by Crippen LogP contribution is -2.34. The third kappa shape index (κ3) is 5.36. The molecule has 2 aromatic rings. The van der Waals surface area contributed by atoms with Crippen LogP contribution >= 0.6 is 11.6 Å². The average Bonchev–Trinajstić information content (AvgIpc) is 3.18. The highest BCUT2D eigenvalue weighted by Crippen LogP contribution is 2.31. The second kappa shape index (κ2) is 9.84. The Morgan fingerprint density at radius 3 is 3.03 bits per heavy atom. The van der Waals surface area contributed by atoms with E-state index in [1.807, 2.05) is 31.5 Å². The number of aryl methyl sites for hydroxylation is 1. The van der Waals surface area contributed by atoms with Crippen LogP contribution < -0.4 is 25.4 Å². The van der Waals surface area contributed by atoms with E-state index in [0.29, 0.717) is 29.7 Å². The maximum absolute atomic E-state index is 6.39. The van der Waals surface area contributed by atoms with E-state index in [4.69, 9.17) is 21.1 Å². The van der Waals surface area contributed by atoms with Gasteiger partial charge in [-0.1, -0.05) is 24.6 Å². The maximum Gasteiger partial charge on any atom is 0.233 e. The first-order valence-corrected chi connectivity index (χ1v) is 10.6. The van der Waals surface area contributed by atoms with Gasteiger partial charge in [-0.15, -0.1) is 0 Å². The smallest absolute Gasteiger partial charge is 0.233 e. The maximum atomic E-state index is 6.39. The number of pyridine rings is 1. The molecule has 2 atom stereocenters. The Labute approximate surface area is 186 Å². The van der Waals surface area contributed by atoms with Gasteiger partial charge in [-0.05, 0) is 12.6 Å². The summed E-state index contributed by atoms with van der Waals surface area (Å²) < 4.78 is 13.5. The molecular formula is C21H26ClN7O2. The second-order valence-corrected chi connectivity index (χ2v) is 7.58. The molecule has 2 unspecified atom stereocenters. The number of hydrogen-bond acceptors (Lipinski definition) is 8. The van der Waals surface area contributed by atoms with Crippen LogP contribution in [0.3, 0.4) is 0 Å². The predicted octanol–water partition coefficient (Wildman–Crippen LogP) is 2.49. The molecule has 3 N–H and O–H groups in total. The van der Waals surface area contributed by atoms with Crippen molar-refractivity contribution in [3.8, 4) is 11.6 Å². The summed E-state index contributed by atoms with van der Waals surface area (Å²) in [5.41, 5.74) is 1.08. The number of fused-ring (bicyclic) bond motifs is 1. The van der Waals surface area contributed by atoms with Crippen LogP contribution in [0.5, 0.6) is 11.6 Å². The molecule has 0 amide bonds. The fraction of sp³-hybridized carbons (Fsp3) is 0.381. The SMILES string of the molecule is CCNCCOc1cnc(OC2C=CC3N=CNC(Nc4ccn(C)n4)=C3C2)c(Cl)c1. The molecular weight excluding hydrogens is 418 g/mol. The molecule has 0 saturated carbocycles. The molecule has 1 aliphatic carbocycles. The van der Waals surface area contributed by atoms with Gasteiger partial charge in [0.1, 0.15) is 29.3 Å². The second-order valence-electron chi connectivity index (χ2n) is 7.17. The molecule has 3 heterocycles. The third-order valence-corrected chi connectivity index (χ3v) is 5.13. The lowest BCUT2D eigenvalue weighted by atomic mass is 9.93. The van der Waals surface area contributed by atoms with E-state index in [1.54, 1.807) is 23.3 Å². The van der Waals surface area contributed by atoms with Gasteiger partial charge in [0.05, 0.1) is 18.6 Å². The van der Waals surface area contributed by atoms with E-state index in [1.165, 1.54) is 0 Å². The van der Waals surface area contributed by atoms with Gasteiger partial charge in [0, 0.05) is 43.9 Å². The molecule has 31 heavy (non-hydrogen) atoms. The van der Waals surface area contributed by atoms with Crippen LogP contribution in [0.2, 0.25) is 5.02 Å². The summed E-state index contributed by atoms with van der Waals surface area (Å²) in [7, 11) is 1.88. The summed E-state index contributed by atoms with van der Waals surface area (Å²) in [5, 5.41) is 14.5. The minimum absolute atomic E-state index is 0.0387. The molecule has 2 aromatic heterocycles. The van der Waals surface area contributed by atoms with Gasteiger partial charge in [0.25, 0.3) is 0 Å². The van der Waals surface area contributed by atoms with E-state index in [0.717, 1.165) is 30.3 Å². The van der Waals surface area contributed by atoms with Crippen LogP contribution in [0, 0.1) is 0 Å². The van der Waals surface area contributed by atoms with Crippen molar-refractivity contribution in [1.82, 2.24) is 25.4 Å².